The molecule has 0 aliphatic carbocycles. The van der Waals surface area contributed by atoms with Gasteiger partial charge in [-0.25, -0.2) is 15.0 Å². The van der Waals surface area contributed by atoms with Gasteiger partial charge in [-0.3, -0.25) is 4.57 Å². The van der Waals surface area contributed by atoms with Crippen LogP contribution in [-0.2, 0) is 4.74 Å². The van der Waals surface area contributed by atoms with Crippen molar-refractivity contribution in [2.24, 2.45) is 0 Å². The van der Waals surface area contributed by atoms with Crippen molar-refractivity contribution in [1.29, 1.82) is 0 Å². The molecule has 0 aromatic rings. The molecule has 0 amide bonds. The van der Waals surface area contributed by atoms with Crippen molar-refractivity contribution in [3.05, 3.63) is 12.7 Å². The van der Waals surface area contributed by atoms with Gasteiger partial charge < -0.3 is 24.8 Å². The van der Waals surface area contributed by atoms with Gasteiger partial charge in [0.15, 0.2) is 17.7 Å². The molecule has 0 unspecified atom stereocenters. The van der Waals surface area contributed by atoms with Crippen LogP contribution in [0.15, 0.2) is 12.7 Å². The van der Waals surface area contributed by atoms with Gasteiger partial charge >= 0.3 is 0 Å². The summed E-state index contributed by atoms with van der Waals surface area (Å²) < 4.78 is 12.1. The van der Waals surface area contributed by atoms with Crippen molar-refractivity contribution in [3.8, 4) is 17.4 Å². The van der Waals surface area contributed by atoms with Crippen molar-refractivity contribution in [2.75, 3.05) is 13.7 Å². The molecule has 0 aromatic heterocycles. The van der Waals surface area contributed by atoms with Crippen molar-refractivity contribution in [3.63, 3.8) is 0 Å². The summed E-state index contributed by atoms with van der Waals surface area (Å²) in [5, 5.41) is 28.9. The Morgan fingerprint density at radius 3 is 2.75 bits per heavy atom. The fourth-order valence-corrected chi connectivity index (χ4v) is 2.29. The fraction of sp³-hybridized carbons (Fsp3) is 0.545. The third-order valence-electron chi connectivity index (χ3n) is 3.30. The molecule has 9 nitrogen and oxygen atoms in total. The number of fused-ring (bicyclic) bond motifs is 1. The molecule has 3 aliphatic heterocycles. The van der Waals surface area contributed by atoms with Crippen LogP contribution in [0.4, 0.5) is 0 Å². The van der Waals surface area contributed by atoms with Crippen LogP contribution >= 0.6 is 0 Å². The summed E-state index contributed by atoms with van der Waals surface area (Å²) >= 11 is 0. The summed E-state index contributed by atoms with van der Waals surface area (Å²) in [7, 11) is 1.45. The van der Waals surface area contributed by atoms with Gasteiger partial charge in [0.05, 0.1) is 13.7 Å². The summed E-state index contributed by atoms with van der Waals surface area (Å²) in [5.41, 5.74) is 0.424. The van der Waals surface area contributed by atoms with Gasteiger partial charge in [-0.2, -0.15) is 0 Å². The standard InChI is InChI=1S/C11H14N4O5/c1-19-10-6-9(13-3-12-6)14-4-15(10)11-8(18)7(17)5(2-16)20-11/h3-5,7-8,11,16-18H,2H2,1H3/t5-,7+,8-,11-/m1/s1. The van der Waals surface area contributed by atoms with Gasteiger partial charge in [0.25, 0.3) is 0 Å². The summed E-state index contributed by atoms with van der Waals surface area (Å²) in [4.78, 5) is 12.1. The highest BCUT2D eigenvalue weighted by Crippen LogP contribution is 2.35. The van der Waals surface area contributed by atoms with Crippen LogP contribution in [0.3, 0.4) is 0 Å². The lowest BCUT2D eigenvalue weighted by atomic mass is 10.1. The van der Waals surface area contributed by atoms with Gasteiger partial charge in [-0.1, -0.05) is 0 Å². The van der Waals surface area contributed by atoms with E-state index in [-0.39, 0.29) is 0 Å². The zero-order valence-corrected chi connectivity index (χ0v) is 10.6. The van der Waals surface area contributed by atoms with Crippen LogP contribution in [0, 0.1) is 0 Å². The van der Waals surface area contributed by atoms with Gasteiger partial charge in [-0.05, 0) is 0 Å². The Kier molecular flexibility index (Phi) is 3.26. The molecule has 0 spiro atoms. The van der Waals surface area contributed by atoms with E-state index in [1.165, 1.54) is 24.3 Å². The Hall–Kier alpha value is -1.81. The van der Waals surface area contributed by atoms with Crippen molar-refractivity contribution < 1.29 is 24.8 Å². The van der Waals surface area contributed by atoms with Crippen LogP contribution in [0.1, 0.15) is 6.23 Å². The average Bonchev–Trinajstić information content (AvgIpc) is 3.04. The lowest BCUT2D eigenvalue weighted by molar-refractivity contribution is -0.0560. The number of aromatic nitrogens is 4. The van der Waals surface area contributed by atoms with E-state index in [2.05, 4.69) is 15.0 Å². The smallest absolute Gasteiger partial charge is 0.227 e. The first-order valence-corrected chi connectivity index (χ1v) is 6.01. The lowest BCUT2D eigenvalue weighted by Gasteiger charge is -2.21. The third kappa shape index (κ3) is 1.83. The monoisotopic (exact) mass is 282 g/mol. The number of aliphatic hydroxyl groups is 3. The van der Waals surface area contributed by atoms with E-state index in [0.717, 1.165) is 0 Å². The van der Waals surface area contributed by atoms with E-state index < -0.39 is 31.1 Å². The van der Waals surface area contributed by atoms with Crippen LogP contribution < -0.4 is 4.74 Å². The number of aliphatic hydroxyl groups excluding tert-OH is 3. The Labute approximate surface area is 113 Å². The summed E-state index contributed by atoms with van der Waals surface area (Å²) in [6.45, 7) is -0.399. The Balaban J connectivity index is 2.04. The minimum Gasteiger partial charge on any atom is -0.480 e. The van der Waals surface area contributed by atoms with Gasteiger partial charge in [0.1, 0.15) is 31.0 Å². The minimum atomic E-state index is -1.21. The zero-order chi connectivity index (χ0) is 14.3. The molecule has 0 saturated carbocycles. The maximum Gasteiger partial charge on any atom is 0.227 e. The summed E-state index contributed by atoms with van der Waals surface area (Å²) in [5.74, 6) is 0.715. The van der Waals surface area contributed by atoms with E-state index in [1.54, 1.807) is 0 Å². The van der Waals surface area contributed by atoms with E-state index in [0.29, 0.717) is 17.4 Å². The molecule has 1 fully saturated rings. The van der Waals surface area contributed by atoms with E-state index in [1.807, 2.05) is 0 Å². The normalized spacial score (nSPS) is 30.0. The number of hydrogen-bond acceptors (Lipinski definition) is 8. The van der Waals surface area contributed by atoms with Crippen LogP contribution in [0.2, 0.25) is 0 Å². The zero-order valence-electron chi connectivity index (χ0n) is 10.6. The quantitative estimate of drug-likeness (QED) is 0.615. The maximum atomic E-state index is 10.0. The van der Waals surface area contributed by atoms with Gasteiger partial charge in [0, 0.05) is 0 Å². The topological polar surface area (TPSA) is 123 Å². The number of nitrogens with zero attached hydrogens (tertiary/aromatic N) is 4. The number of rotatable bonds is 3. The molecule has 3 rings (SSSR count). The Morgan fingerprint density at radius 2 is 2.10 bits per heavy atom. The maximum absolute atomic E-state index is 10.0. The molecule has 3 N–H and O–H groups in total. The lowest BCUT2D eigenvalue weighted by Crippen LogP contribution is -2.33. The van der Waals surface area contributed by atoms with Crippen molar-refractivity contribution in [2.45, 2.75) is 24.5 Å². The molecule has 108 valence electrons. The van der Waals surface area contributed by atoms with Crippen LogP contribution in [0.25, 0.3) is 11.5 Å². The van der Waals surface area contributed by atoms with Gasteiger partial charge in [-0.15, -0.1) is 0 Å². The van der Waals surface area contributed by atoms with Crippen molar-refractivity contribution >= 4 is 0 Å². The molecule has 1 saturated heterocycles. The highest BCUT2D eigenvalue weighted by Gasteiger charge is 2.44. The van der Waals surface area contributed by atoms with Crippen molar-refractivity contribution in [1.82, 2.24) is 19.5 Å². The first-order valence-electron chi connectivity index (χ1n) is 6.01. The minimum absolute atomic E-state index is 0.308. The first-order chi connectivity index (χ1) is 9.67. The van der Waals surface area contributed by atoms with Crippen LogP contribution in [0.5, 0.6) is 5.88 Å². The van der Waals surface area contributed by atoms with E-state index >= 15 is 0 Å². The molecule has 9 heteroatoms. The summed E-state index contributed by atoms with van der Waals surface area (Å²) in [6, 6.07) is 0. The first kappa shape index (κ1) is 13.2. The fourth-order valence-electron chi connectivity index (χ4n) is 2.29. The SMILES string of the molecule is COc1c2ncnc-2ncn1[C@@H]1O[C@H](CO)[C@H](O)[C@H]1O. The number of ether oxygens (including phenoxy) is 2. The van der Waals surface area contributed by atoms with Crippen LogP contribution in [-0.4, -0.2) is 66.9 Å². The second kappa shape index (κ2) is 4.94. The molecule has 3 heterocycles. The molecule has 0 radical (unpaired) electrons. The number of methoxy groups -OCH3 is 1. The molecular weight excluding hydrogens is 268 g/mol. The molecule has 4 atom stereocenters. The second-order valence-electron chi connectivity index (χ2n) is 4.44. The molecule has 0 aromatic carbocycles. The number of hydrogen-bond donors (Lipinski definition) is 3. The molecule has 0 bridgehead atoms. The number of imidazole rings is 1. The molecule has 20 heavy (non-hydrogen) atoms. The van der Waals surface area contributed by atoms with E-state index in [9.17, 15) is 10.2 Å². The van der Waals surface area contributed by atoms with E-state index in [4.69, 9.17) is 14.6 Å². The highest BCUT2D eigenvalue weighted by molar-refractivity contribution is 5.57. The predicted octanol–water partition coefficient (Wildman–Crippen LogP) is -1.60. The predicted molar refractivity (Wildman–Crippen MR) is 64.0 cm³/mol. The average molecular weight is 282 g/mol. The third-order valence-corrected chi connectivity index (χ3v) is 3.30. The highest BCUT2D eigenvalue weighted by atomic mass is 16.6. The molecule has 3 aliphatic rings. The molecular formula is C11H14N4O5. The second-order valence-corrected chi connectivity index (χ2v) is 4.44. The summed E-state index contributed by atoms with van der Waals surface area (Å²) in [6.07, 6.45) is -1.46. The van der Waals surface area contributed by atoms with Gasteiger partial charge in [0.2, 0.25) is 5.88 Å². The largest absolute Gasteiger partial charge is 0.480 e. The Morgan fingerprint density at radius 1 is 1.30 bits per heavy atom. The Bertz CT molecular complexity index is 576.